The minimum absolute atomic E-state index is 0.0855. The Labute approximate surface area is 161 Å². The van der Waals surface area contributed by atoms with Gasteiger partial charge in [0.15, 0.2) is 0 Å². The molecule has 0 spiro atoms. The first-order chi connectivity index (χ1) is 12.8. The minimum Gasteiger partial charge on any atom is -0.465 e. The van der Waals surface area contributed by atoms with E-state index in [1.807, 2.05) is 6.92 Å². The van der Waals surface area contributed by atoms with Crippen LogP contribution >= 0.6 is 11.6 Å². The number of nitrogens with zero attached hydrogens (tertiary/aromatic N) is 1. The van der Waals surface area contributed by atoms with E-state index in [0.717, 1.165) is 4.90 Å². The molecule has 8 heteroatoms. The Morgan fingerprint density at radius 3 is 2.56 bits per heavy atom. The third-order valence-electron chi connectivity index (χ3n) is 4.73. The SMILES string of the molecule is CCC1(c2ccc(Cl)cc2)NC(=O)N(Cc2cc(C(=O)OC)c(C)o2)C1=O. The van der Waals surface area contributed by atoms with Crippen molar-refractivity contribution < 1.29 is 23.5 Å². The molecule has 1 unspecified atom stereocenters. The Morgan fingerprint density at radius 1 is 1.30 bits per heavy atom. The van der Waals surface area contributed by atoms with Gasteiger partial charge in [-0.3, -0.25) is 9.69 Å². The molecule has 2 aromatic rings. The van der Waals surface area contributed by atoms with Crippen LogP contribution in [0.4, 0.5) is 4.79 Å². The maximum Gasteiger partial charge on any atom is 0.341 e. The molecule has 1 aliphatic rings. The second-order valence-electron chi connectivity index (χ2n) is 6.26. The summed E-state index contributed by atoms with van der Waals surface area (Å²) in [6.07, 6.45) is 0.375. The predicted molar refractivity (Wildman–Crippen MR) is 97.3 cm³/mol. The van der Waals surface area contributed by atoms with E-state index in [-0.39, 0.29) is 18.0 Å². The van der Waals surface area contributed by atoms with Gasteiger partial charge >= 0.3 is 12.0 Å². The fourth-order valence-electron chi connectivity index (χ4n) is 3.23. The van der Waals surface area contributed by atoms with Gasteiger partial charge in [0.1, 0.15) is 22.6 Å². The third-order valence-corrected chi connectivity index (χ3v) is 4.98. The van der Waals surface area contributed by atoms with Gasteiger partial charge in [-0.05, 0) is 37.1 Å². The first-order valence-electron chi connectivity index (χ1n) is 8.40. The van der Waals surface area contributed by atoms with Gasteiger partial charge in [-0.15, -0.1) is 0 Å². The Kier molecular flexibility index (Phi) is 4.97. The van der Waals surface area contributed by atoms with Crippen LogP contribution in [0, 0.1) is 6.92 Å². The average molecular weight is 391 g/mol. The number of methoxy groups -OCH3 is 1. The number of carbonyl (C=O) groups excluding carboxylic acids is 3. The molecule has 0 radical (unpaired) electrons. The molecule has 1 saturated heterocycles. The number of furan rings is 1. The quantitative estimate of drug-likeness (QED) is 0.624. The highest BCUT2D eigenvalue weighted by atomic mass is 35.5. The topological polar surface area (TPSA) is 88.8 Å². The van der Waals surface area contributed by atoms with Crippen LogP contribution in [0.15, 0.2) is 34.7 Å². The minimum atomic E-state index is -1.16. The number of halogens is 1. The molecule has 1 N–H and O–H groups in total. The van der Waals surface area contributed by atoms with Crippen LogP contribution in [0.2, 0.25) is 5.02 Å². The van der Waals surface area contributed by atoms with Gasteiger partial charge in [-0.2, -0.15) is 0 Å². The Morgan fingerprint density at radius 2 is 1.96 bits per heavy atom. The summed E-state index contributed by atoms with van der Waals surface area (Å²) in [4.78, 5) is 38.4. The normalized spacial score (nSPS) is 19.3. The number of imide groups is 1. The molecule has 1 aromatic heterocycles. The number of hydrogen-bond donors (Lipinski definition) is 1. The Hall–Kier alpha value is -2.80. The number of nitrogens with one attached hydrogen (secondary N) is 1. The molecule has 27 heavy (non-hydrogen) atoms. The predicted octanol–water partition coefficient (Wildman–Crippen LogP) is 3.39. The second-order valence-corrected chi connectivity index (χ2v) is 6.70. The van der Waals surface area contributed by atoms with Crippen LogP contribution in [0.25, 0.3) is 0 Å². The van der Waals surface area contributed by atoms with Crippen molar-refractivity contribution in [3.05, 3.63) is 58.0 Å². The number of rotatable bonds is 5. The number of carbonyl (C=O) groups is 3. The molecule has 0 saturated carbocycles. The summed E-state index contributed by atoms with van der Waals surface area (Å²) in [7, 11) is 1.27. The van der Waals surface area contributed by atoms with Crippen LogP contribution in [0.1, 0.15) is 40.8 Å². The van der Waals surface area contributed by atoms with Gasteiger partial charge in [0.05, 0.1) is 13.7 Å². The number of amides is 3. The molecule has 0 aliphatic carbocycles. The number of esters is 1. The smallest absolute Gasteiger partial charge is 0.341 e. The number of aryl methyl sites for hydroxylation is 1. The first-order valence-corrected chi connectivity index (χ1v) is 8.78. The molecular weight excluding hydrogens is 372 g/mol. The first kappa shape index (κ1) is 19.0. The average Bonchev–Trinajstić information content (AvgIpc) is 3.14. The van der Waals surface area contributed by atoms with E-state index in [0.29, 0.717) is 28.5 Å². The molecule has 1 aliphatic heterocycles. The zero-order valence-corrected chi connectivity index (χ0v) is 15.9. The Balaban J connectivity index is 1.90. The standard InChI is InChI=1S/C19H19ClN2O5/c1-4-19(12-5-7-13(20)8-6-12)17(24)22(18(25)21-19)10-14-9-15(11(2)27-14)16(23)26-3/h5-9H,4,10H2,1-3H3,(H,21,25). The highest BCUT2D eigenvalue weighted by molar-refractivity contribution is 6.30. The van der Waals surface area contributed by atoms with Crippen molar-refractivity contribution in [2.45, 2.75) is 32.4 Å². The summed E-state index contributed by atoms with van der Waals surface area (Å²) < 4.78 is 10.2. The lowest BCUT2D eigenvalue weighted by Gasteiger charge is -2.25. The van der Waals surface area contributed by atoms with Crippen molar-refractivity contribution in [2.24, 2.45) is 0 Å². The maximum absolute atomic E-state index is 13.1. The van der Waals surface area contributed by atoms with E-state index in [1.54, 1.807) is 31.2 Å². The Bertz CT molecular complexity index is 905. The zero-order chi connectivity index (χ0) is 19.8. The van der Waals surface area contributed by atoms with Gasteiger partial charge < -0.3 is 14.5 Å². The maximum atomic E-state index is 13.1. The van der Waals surface area contributed by atoms with Crippen molar-refractivity contribution >= 4 is 29.5 Å². The molecule has 142 valence electrons. The van der Waals surface area contributed by atoms with Crippen LogP contribution in [-0.2, 0) is 21.6 Å². The molecule has 3 amide bonds. The summed E-state index contributed by atoms with van der Waals surface area (Å²) >= 11 is 5.93. The van der Waals surface area contributed by atoms with Crippen LogP contribution in [0.3, 0.4) is 0 Å². The number of hydrogen-bond acceptors (Lipinski definition) is 5. The monoisotopic (exact) mass is 390 g/mol. The van der Waals surface area contributed by atoms with Crippen molar-refractivity contribution in [1.82, 2.24) is 10.2 Å². The van der Waals surface area contributed by atoms with E-state index >= 15 is 0 Å². The molecule has 1 atom stereocenters. The highest BCUT2D eigenvalue weighted by Gasteiger charge is 2.51. The van der Waals surface area contributed by atoms with Crippen LogP contribution < -0.4 is 5.32 Å². The van der Waals surface area contributed by atoms with E-state index in [4.69, 9.17) is 20.8 Å². The number of benzene rings is 1. The number of urea groups is 1. The van der Waals surface area contributed by atoms with Gasteiger partial charge in [0, 0.05) is 5.02 Å². The molecule has 1 aromatic carbocycles. The lowest BCUT2D eigenvalue weighted by molar-refractivity contribution is -0.132. The van der Waals surface area contributed by atoms with Crippen molar-refractivity contribution in [2.75, 3.05) is 7.11 Å². The van der Waals surface area contributed by atoms with Gasteiger partial charge in [0.25, 0.3) is 5.91 Å². The fraction of sp³-hybridized carbons (Fsp3) is 0.316. The molecule has 0 bridgehead atoms. The van der Waals surface area contributed by atoms with Gasteiger partial charge in [0.2, 0.25) is 0 Å². The van der Waals surface area contributed by atoms with Crippen LogP contribution in [-0.4, -0.2) is 29.9 Å². The zero-order valence-electron chi connectivity index (χ0n) is 15.2. The second kappa shape index (κ2) is 7.08. The van der Waals surface area contributed by atoms with Gasteiger partial charge in [-0.25, -0.2) is 9.59 Å². The van der Waals surface area contributed by atoms with Gasteiger partial charge in [-0.1, -0.05) is 30.7 Å². The molecule has 7 nitrogen and oxygen atoms in total. The summed E-state index contributed by atoms with van der Waals surface area (Å²) in [5, 5.41) is 3.33. The highest BCUT2D eigenvalue weighted by Crippen LogP contribution is 2.34. The third kappa shape index (κ3) is 3.19. The van der Waals surface area contributed by atoms with E-state index in [1.165, 1.54) is 13.2 Å². The summed E-state index contributed by atoms with van der Waals surface area (Å²) in [5.74, 6) is -0.238. The summed E-state index contributed by atoms with van der Waals surface area (Å²) in [6, 6.07) is 7.75. The lowest BCUT2D eigenvalue weighted by atomic mass is 9.87. The number of ether oxygens (including phenoxy) is 1. The summed E-state index contributed by atoms with van der Waals surface area (Å²) in [5.41, 5.74) is -0.241. The lowest BCUT2D eigenvalue weighted by Crippen LogP contribution is -2.43. The van der Waals surface area contributed by atoms with Crippen molar-refractivity contribution in [3.63, 3.8) is 0 Å². The van der Waals surface area contributed by atoms with E-state index in [9.17, 15) is 14.4 Å². The van der Waals surface area contributed by atoms with E-state index in [2.05, 4.69) is 5.32 Å². The summed E-state index contributed by atoms with van der Waals surface area (Å²) in [6.45, 7) is 3.35. The van der Waals surface area contributed by atoms with E-state index < -0.39 is 17.5 Å². The fourth-order valence-corrected chi connectivity index (χ4v) is 3.36. The van der Waals surface area contributed by atoms with Crippen molar-refractivity contribution in [3.8, 4) is 0 Å². The molecule has 3 rings (SSSR count). The molecule has 1 fully saturated rings. The van der Waals surface area contributed by atoms with Crippen molar-refractivity contribution in [1.29, 1.82) is 0 Å². The molecule has 2 heterocycles. The molecular formula is C19H19ClN2O5. The van der Waals surface area contributed by atoms with Crippen LogP contribution in [0.5, 0.6) is 0 Å². The largest absolute Gasteiger partial charge is 0.465 e.